The van der Waals surface area contributed by atoms with Gasteiger partial charge in [0, 0.05) is 11.3 Å². The molecule has 2 aromatic heterocycles. The number of hydrogen-bond donors (Lipinski definition) is 2. The van der Waals surface area contributed by atoms with Gasteiger partial charge in [-0.3, -0.25) is 9.59 Å². The van der Waals surface area contributed by atoms with Crippen molar-refractivity contribution in [3.8, 4) is 16.8 Å². The fourth-order valence-electron chi connectivity index (χ4n) is 3.63. The van der Waals surface area contributed by atoms with Crippen molar-refractivity contribution in [1.29, 1.82) is 0 Å². The summed E-state index contributed by atoms with van der Waals surface area (Å²) in [6.07, 6.45) is 1.50. The molecule has 5 aromatic rings. The van der Waals surface area contributed by atoms with Crippen molar-refractivity contribution in [2.75, 3.05) is 5.32 Å². The van der Waals surface area contributed by atoms with Gasteiger partial charge in [0.1, 0.15) is 5.39 Å². The highest BCUT2D eigenvalue weighted by molar-refractivity contribution is 8.00. The first-order valence-electron chi connectivity index (χ1n) is 10.8. The van der Waals surface area contributed by atoms with Crippen LogP contribution >= 0.6 is 11.8 Å². The lowest BCUT2D eigenvalue weighted by Gasteiger charge is -2.14. The number of aromatic nitrogens is 4. The topological polar surface area (TPSA) is 92.7 Å². The highest BCUT2D eigenvalue weighted by Crippen LogP contribution is 2.29. The first kappa shape index (κ1) is 21.7. The van der Waals surface area contributed by atoms with E-state index < -0.39 is 5.25 Å². The van der Waals surface area contributed by atoms with E-state index >= 15 is 0 Å². The van der Waals surface area contributed by atoms with Gasteiger partial charge in [0.05, 0.1) is 17.1 Å². The molecule has 1 amide bonds. The van der Waals surface area contributed by atoms with E-state index in [0.29, 0.717) is 16.2 Å². The molecule has 0 aliphatic rings. The van der Waals surface area contributed by atoms with Crippen LogP contribution in [-0.2, 0) is 4.79 Å². The van der Waals surface area contributed by atoms with Gasteiger partial charge in [0.15, 0.2) is 10.8 Å². The van der Waals surface area contributed by atoms with Gasteiger partial charge >= 0.3 is 0 Å². The molecule has 7 nitrogen and oxygen atoms in total. The molecular weight excluding hydrogens is 446 g/mol. The van der Waals surface area contributed by atoms with Gasteiger partial charge in [0.25, 0.3) is 5.56 Å². The molecule has 34 heavy (non-hydrogen) atoms. The summed E-state index contributed by atoms with van der Waals surface area (Å²) in [6.45, 7) is 1.78. The number of para-hydroxylation sites is 2. The van der Waals surface area contributed by atoms with Gasteiger partial charge in [-0.2, -0.15) is 5.10 Å². The van der Waals surface area contributed by atoms with E-state index in [1.54, 1.807) is 11.6 Å². The van der Waals surface area contributed by atoms with Crippen molar-refractivity contribution in [2.45, 2.75) is 17.3 Å². The first-order valence-corrected chi connectivity index (χ1v) is 11.6. The second-order valence-electron chi connectivity index (χ2n) is 7.66. The summed E-state index contributed by atoms with van der Waals surface area (Å²) in [4.78, 5) is 33.0. The number of benzene rings is 3. The molecule has 0 aliphatic heterocycles. The molecule has 0 radical (unpaired) electrons. The summed E-state index contributed by atoms with van der Waals surface area (Å²) in [5, 5.41) is 7.58. The molecule has 0 fully saturated rings. The van der Waals surface area contributed by atoms with Crippen LogP contribution in [0.25, 0.3) is 27.8 Å². The van der Waals surface area contributed by atoms with E-state index in [4.69, 9.17) is 0 Å². The Morgan fingerprint density at radius 3 is 2.41 bits per heavy atom. The zero-order chi connectivity index (χ0) is 23.5. The van der Waals surface area contributed by atoms with E-state index in [0.717, 1.165) is 22.5 Å². The van der Waals surface area contributed by atoms with Crippen LogP contribution in [-0.4, -0.2) is 30.9 Å². The quantitative estimate of drug-likeness (QED) is 0.274. The standard InChI is InChI=1S/C26H21N5O2S/c1-17(24(32)28-22-15-9-8-14-20(22)18-10-4-2-5-11-18)34-26-29-23-21(25(33)30-26)16-27-31(23)19-12-6-3-7-13-19/h2-17H,1H3,(H,28,32)(H,29,30,33). The average Bonchev–Trinajstić information content (AvgIpc) is 3.30. The molecule has 0 spiro atoms. The maximum atomic E-state index is 13.0. The van der Waals surface area contributed by atoms with E-state index in [9.17, 15) is 9.59 Å². The Hall–Kier alpha value is -4.17. The molecule has 0 saturated heterocycles. The fourth-order valence-corrected chi connectivity index (χ4v) is 4.42. The predicted octanol–water partition coefficient (Wildman–Crippen LogP) is 4.90. The molecule has 168 valence electrons. The van der Waals surface area contributed by atoms with Crippen molar-refractivity contribution in [3.63, 3.8) is 0 Å². The lowest BCUT2D eigenvalue weighted by Crippen LogP contribution is -2.23. The van der Waals surface area contributed by atoms with E-state index in [1.807, 2.05) is 84.9 Å². The van der Waals surface area contributed by atoms with Crippen LogP contribution < -0.4 is 10.9 Å². The minimum Gasteiger partial charge on any atom is -0.325 e. The monoisotopic (exact) mass is 467 g/mol. The minimum atomic E-state index is -0.502. The van der Waals surface area contributed by atoms with Crippen LogP contribution in [0.3, 0.4) is 0 Å². The number of nitrogens with zero attached hydrogens (tertiary/aromatic N) is 3. The maximum absolute atomic E-state index is 13.0. The van der Waals surface area contributed by atoms with Gasteiger partial charge in [-0.15, -0.1) is 0 Å². The molecule has 0 saturated carbocycles. The van der Waals surface area contributed by atoms with Crippen LogP contribution in [0, 0.1) is 0 Å². The normalized spacial score (nSPS) is 11.9. The predicted molar refractivity (Wildman–Crippen MR) is 135 cm³/mol. The van der Waals surface area contributed by atoms with Crippen molar-refractivity contribution in [3.05, 3.63) is 101 Å². The average molecular weight is 468 g/mol. The number of nitrogens with one attached hydrogen (secondary N) is 2. The number of anilines is 1. The van der Waals surface area contributed by atoms with Gasteiger partial charge in [0.2, 0.25) is 5.91 Å². The van der Waals surface area contributed by atoms with Crippen molar-refractivity contribution < 1.29 is 4.79 Å². The number of carbonyl (C=O) groups is 1. The summed E-state index contributed by atoms with van der Waals surface area (Å²) in [5.74, 6) is -0.187. The summed E-state index contributed by atoms with van der Waals surface area (Å²) in [5.41, 5.74) is 3.63. The second-order valence-corrected chi connectivity index (χ2v) is 8.99. The molecule has 2 heterocycles. The molecular formula is C26H21N5O2S. The van der Waals surface area contributed by atoms with E-state index in [1.165, 1.54) is 18.0 Å². The second kappa shape index (κ2) is 9.36. The molecule has 0 bridgehead atoms. The lowest BCUT2D eigenvalue weighted by molar-refractivity contribution is -0.115. The summed E-state index contributed by atoms with van der Waals surface area (Å²) >= 11 is 1.19. The van der Waals surface area contributed by atoms with Crippen molar-refractivity contribution >= 4 is 34.4 Å². The zero-order valence-electron chi connectivity index (χ0n) is 18.3. The molecule has 2 N–H and O–H groups in total. The SMILES string of the molecule is CC(Sc1nc2c(cnn2-c2ccccc2)c(=O)[nH]1)C(=O)Nc1ccccc1-c1ccccc1. The summed E-state index contributed by atoms with van der Waals surface area (Å²) in [6, 6.07) is 27.0. The van der Waals surface area contributed by atoms with Gasteiger partial charge < -0.3 is 10.3 Å². The number of hydrogen-bond acceptors (Lipinski definition) is 5. The summed E-state index contributed by atoms with van der Waals surface area (Å²) < 4.78 is 1.62. The number of carbonyl (C=O) groups excluding carboxylic acids is 1. The molecule has 5 rings (SSSR count). The largest absolute Gasteiger partial charge is 0.325 e. The molecule has 3 aromatic carbocycles. The van der Waals surface area contributed by atoms with E-state index in [2.05, 4.69) is 20.4 Å². The van der Waals surface area contributed by atoms with Gasteiger partial charge in [-0.05, 0) is 30.7 Å². The number of fused-ring (bicyclic) bond motifs is 1. The van der Waals surface area contributed by atoms with Gasteiger partial charge in [-0.25, -0.2) is 9.67 Å². The fraction of sp³-hybridized carbons (Fsp3) is 0.0769. The van der Waals surface area contributed by atoms with E-state index in [-0.39, 0.29) is 11.5 Å². The Morgan fingerprint density at radius 1 is 0.971 bits per heavy atom. The van der Waals surface area contributed by atoms with Gasteiger partial charge in [-0.1, -0.05) is 78.5 Å². The van der Waals surface area contributed by atoms with Crippen LogP contribution in [0.4, 0.5) is 5.69 Å². The molecule has 1 unspecified atom stereocenters. The smallest absolute Gasteiger partial charge is 0.262 e. The number of H-pyrrole nitrogens is 1. The number of aromatic amines is 1. The number of rotatable bonds is 6. The highest BCUT2D eigenvalue weighted by atomic mass is 32.2. The zero-order valence-corrected chi connectivity index (χ0v) is 19.1. The molecule has 8 heteroatoms. The summed E-state index contributed by atoms with van der Waals surface area (Å²) in [7, 11) is 0. The maximum Gasteiger partial charge on any atom is 0.262 e. The third-order valence-electron chi connectivity index (χ3n) is 5.34. The third-order valence-corrected chi connectivity index (χ3v) is 6.33. The van der Waals surface area contributed by atoms with Crippen LogP contribution in [0.15, 0.2) is 101 Å². The number of thioether (sulfide) groups is 1. The van der Waals surface area contributed by atoms with Crippen molar-refractivity contribution in [1.82, 2.24) is 19.7 Å². The first-order chi connectivity index (χ1) is 16.6. The van der Waals surface area contributed by atoms with Crippen LogP contribution in [0.2, 0.25) is 0 Å². The Bertz CT molecular complexity index is 1510. The molecule has 1 atom stereocenters. The Kier molecular flexibility index (Phi) is 5.97. The van der Waals surface area contributed by atoms with Crippen LogP contribution in [0.5, 0.6) is 0 Å². The molecule has 0 aliphatic carbocycles. The van der Waals surface area contributed by atoms with Crippen molar-refractivity contribution in [2.24, 2.45) is 0 Å². The Balaban J connectivity index is 1.39. The van der Waals surface area contributed by atoms with Crippen LogP contribution in [0.1, 0.15) is 6.92 Å². The highest BCUT2D eigenvalue weighted by Gasteiger charge is 2.19. The third kappa shape index (κ3) is 4.35. The number of amides is 1. The Labute approximate surface area is 199 Å². The lowest BCUT2D eigenvalue weighted by atomic mass is 10.0. The minimum absolute atomic E-state index is 0.187. The Morgan fingerprint density at radius 2 is 1.65 bits per heavy atom.